The highest BCUT2D eigenvalue weighted by atomic mass is 19.1. The zero-order valence-corrected chi connectivity index (χ0v) is 16.8. The third-order valence-corrected chi connectivity index (χ3v) is 4.64. The molecule has 0 fully saturated rings. The van der Waals surface area contributed by atoms with Crippen LogP contribution in [0.25, 0.3) is 11.0 Å². The zero-order chi connectivity index (χ0) is 20.6. The summed E-state index contributed by atoms with van der Waals surface area (Å²) in [4.78, 5) is 17.0. The van der Waals surface area contributed by atoms with E-state index in [1.807, 2.05) is 35.8 Å². The Bertz CT molecular complexity index is 971. The molecule has 0 atom stereocenters. The lowest BCUT2D eigenvalue weighted by Gasteiger charge is -2.10. The minimum absolute atomic E-state index is 0.164. The average Bonchev–Trinajstić information content (AvgIpc) is 3.07. The lowest BCUT2D eigenvalue weighted by atomic mass is 10.1. The highest BCUT2D eigenvalue weighted by Crippen LogP contribution is 2.21. The maximum atomic E-state index is 13.8. The number of amides is 1. The first-order valence-electron chi connectivity index (χ1n) is 9.77. The summed E-state index contributed by atoms with van der Waals surface area (Å²) in [5.74, 6) is 0.122. The molecule has 0 bridgehead atoms. The van der Waals surface area contributed by atoms with Gasteiger partial charge in [0.15, 0.2) is 11.6 Å². The molecular formula is C22H26FN3O3. The minimum atomic E-state index is -0.429. The number of ether oxygens (including phenoxy) is 2. The number of carbonyl (C=O) groups excluding carboxylic acids is 1. The van der Waals surface area contributed by atoms with Crippen LogP contribution in [0.1, 0.15) is 25.3 Å². The van der Waals surface area contributed by atoms with Crippen molar-refractivity contribution in [3.63, 3.8) is 0 Å². The Morgan fingerprint density at radius 2 is 2.07 bits per heavy atom. The predicted molar refractivity (Wildman–Crippen MR) is 111 cm³/mol. The molecule has 0 spiro atoms. The summed E-state index contributed by atoms with van der Waals surface area (Å²) >= 11 is 0. The average molecular weight is 399 g/mol. The Morgan fingerprint density at radius 3 is 2.83 bits per heavy atom. The number of fused-ring (bicyclic) bond motifs is 1. The number of benzene rings is 2. The van der Waals surface area contributed by atoms with Crippen LogP contribution in [0.5, 0.6) is 5.75 Å². The van der Waals surface area contributed by atoms with Crippen molar-refractivity contribution in [2.24, 2.45) is 0 Å². The molecular weight excluding hydrogens is 373 g/mol. The number of aromatic nitrogens is 2. The van der Waals surface area contributed by atoms with E-state index in [0.717, 1.165) is 23.0 Å². The van der Waals surface area contributed by atoms with Crippen LogP contribution in [0.3, 0.4) is 0 Å². The molecule has 0 saturated heterocycles. The van der Waals surface area contributed by atoms with Gasteiger partial charge in [0, 0.05) is 26.2 Å². The van der Waals surface area contributed by atoms with Gasteiger partial charge in [0.2, 0.25) is 11.9 Å². The van der Waals surface area contributed by atoms with Crippen molar-refractivity contribution in [3.8, 4) is 5.75 Å². The van der Waals surface area contributed by atoms with Crippen molar-refractivity contribution in [1.29, 1.82) is 0 Å². The fourth-order valence-electron chi connectivity index (χ4n) is 3.18. The number of anilines is 1. The number of aryl methyl sites for hydroxylation is 2. The Labute approximate surface area is 169 Å². The molecule has 154 valence electrons. The van der Waals surface area contributed by atoms with Crippen LogP contribution in [0.4, 0.5) is 10.3 Å². The molecule has 2 aromatic carbocycles. The fraction of sp³-hybridized carbons (Fsp3) is 0.364. The largest absolute Gasteiger partial charge is 0.494 e. The number of hydrogen-bond donors (Lipinski definition) is 1. The van der Waals surface area contributed by atoms with Gasteiger partial charge >= 0.3 is 0 Å². The highest BCUT2D eigenvalue weighted by Gasteiger charge is 2.13. The van der Waals surface area contributed by atoms with Gasteiger partial charge in [0.25, 0.3) is 0 Å². The molecule has 7 heteroatoms. The molecule has 0 aliphatic carbocycles. The molecule has 3 aromatic rings. The fourth-order valence-corrected chi connectivity index (χ4v) is 3.18. The molecule has 1 aromatic heterocycles. The molecule has 0 aliphatic heterocycles. The van der Waals surface area contributed by atoms with E-state index in [1.165, 1.54) is 13.2 Å². The number of imidazole rings is 1. The quantitative estimate of drug-likeness (QED) is 0.520. The van der Waals surface area contributed by atoms with Crippen molar-refractivity contribution < 1.29 is 18.7 Å². The molecule has 6 nitrogen and oxygen atoms in total. The van der Waals surface area contributed by atoms with E-state index in [-0.39, 0.29) is 18.1 Å². The molecule has 0 saturated carbocycles. The molecule has 1 heterocycles. The first kappa shape index (κ1) is 20.8. The second-order valence-electron chi connectivity index (χ2n) is 6.64. The lowest BCUT2D eigenvalue weighted by molar-refractivity contribution is -0.116. The smallest absolute Gasteiger partial charge is 0.227 e. The third kappa shape index (κ3) is 5.32. The van der Waals surface area contributed by atoms with Crippen LogP contribution in [0, 0.1) is 5.82 Å². The molecule has 0 aliphatic rings. The molecule has 29 heavy (non-hydrogen) atoms. The number of methoxy groups -OCH3 is 1. The van der Waals surface area contributed by atoms with Gasteiger partial charge in [0.05, 0.1) is 18.1 Å². The first-order chi connectivity index (χ1) is 14.1. The topological polar surface area (TPSA) is 65.4 Å². The zero-order valence-electron chi connectivity index (χ0n) is 16.8. The van der Waals surface area contributed by atoms with E-state index in [2.05, 4.69) is 10.3 Å². The number of carbonyl (C=O) groups is 1. The van der Waals surface area contributed by atoms with Gasteiger partial charge in [-0.05, 0) is 49.6 Å². The maximum Gasteiger partial charge on any atom is 0.227 e. The summed E-state index contributed by atoms with van der Waals surface area (Å²) in [7, 11) is 1.42. The van der Waals surface area contributed by atoms with Gasteiger partial charge in [-0.15, -0.1) is 0 Å². The van der Waals surface area contributed by atoms with Crippen molar-refractivity contribution in [3.05, 3.63) is 53.8 Å². The van der Waals surface area contributed by atoms with Crippen LogP contribution in [-0.4, -0.2) is 35.8 Å². The summed E-state index contributed by atoms with van der Waals surface area (Å²) in [6, 6.07) is 12.5. The van der Waals surface area contributed by atoms with Crippen molar-refractivity contribution in [2.45, 2.75) is 32.7 Å². The molecule has 3 rings (SSSR count). The van der Waals surface area contributed by atoms with E-state index < -0.39 is 5.82 Å². The Kier molecular flexibility index (Phi) is 7.19. The van der Waals surface area contributed by atoms with Crippen LogP contribution < -0.4 is 10.1 Å². The van der Waals surface area contributed by atoms with Gasteiger partial charge in [-0.25, -0.2) is 9.37 Å². The van der Waals surface area contributed by atoms with E-state index in [9.17, 15) is 9.18 Å². The SMILES string of the molecule is CCOCCCn1c(NC(=O)CCc2ccc(OC)c(F)c2)nc2ccccc21. The van der Waals surface area contributed by atoms with E-state index in [0.29, 0.717) is 32.1 Å². The minimum Gasteiger partial charge on any atom is -0.494 e. The Balaban J connectivity index is 1.66. The number of nitrogens with one attached hydrogen (secondary N) is 1. The number of hydrogen-bond acceptors (Lipinski definition) is 4. The molecule has 1 amide bonds. The Hall–Kier alpha value is -2.93. The van der Waals surface area contributed by atoms with Gasteiger partial charge in [0.1, 0.15) is 0 Å². The Morgan fingerprint density at radius 1 is 1.24 bits per heavy atom. The van der Waals surface area contributed by atoms with Gasteiger partial charge in [-0.1, -0.05) is 18.2 Å². The maximum absolute atomic E-state index is 13.8. The summed E-state index contributed by atoms with van der Waals surface area (Å²) in [6.07, 6.45) is 1.48. The van der Waals surface area contributed by atoms with Gasteiger partial charge in [-0.2, -0.15) is 0 Å². The lowest BCUT2D eigenvalue weighted by Crippen LogP contribution is -2.17. The standard InChI is InChI=1S/C22H26FN3O3/c1-3-29-14-6-13-26-19-8-5-4-7-18(19)24-22(26)25-21(27)12-10-16-9-11-20(28-2)17(23)15-16/h4-5,7-9,11,15H,3,6,10,12-14H2,1-2H3,(H,24,25,27). The van der Waals surface area contributed by atoms with Crippen LogP contribution in [0.2, 0.25) is 0 Å². The number of para-hydroxylation sites is 2. The van der Waals surface area contributed by atoms with Crippen LogP contribution in [-0.2, 0) is 22.5 Å². The monoisotopic (exact) mass is 399 g/mol. The number of halogens is 1. The van der Waals surface area contributed by atoms with Crippen molar-refractivity contribution in [1.82, 2.24) is 9.55 Å². The van der Waals surface area contributed by atoms with Crippen molar-refractivity contribution in [2.75, 3.05) is 25.6 Å². The second kappa shape index (κ2) is 10.0. The second-order valence-corrected chi connectivity index (χ2v) is 6.64. The van der Waals surface area contributed by atoms with E-state index >= 15 is 0 Å². The number of nitrogens with zero attached hydrogens (tertiary/aromatic N) is 2. The van der Waals surface area contributed by atoms with Gasteiger partial charge in [-0.3, -0.25) is 10.1 Å². The third-order valence-electron chi connectivity index (χ3n) is 4.64. The molecule has 0 radical (unpaired) electrons. The van der Waals surface area contributed by atoms with Crippen LogP contribution in [0.15, 0.2) is 42.5 Å². The van der Waals surface area contributed by atoms with Crippen molar-refractivity contribution >= 4 is 22.9 Å². The van der Waals surface area contributed by atoms with E-state index in [4.69, 9.17) is 9.47 Å². The predicted octanol–water partition coefficient (Wildman–Crippen LogP) is 4.18. The van der Waals surface area contributed by atoms with E-state index in [1.54, 1.807) is 12.1 Å². The summed E-state index contributed by atoms with van der Waals surface area (Å²) in [5, 5.41) is 2.90. The normalized spacial score (nSPS) is 11.0. The summed E-state index contributed by atoms with van der Waals surface area (Å²) < 4.78 is 26.2. The number of rotatable bonds is 10. The molecule has 0 unspecified atom stereocenters. The summed E-state index contributed by atoms with van der Waals surface area (Å²) in [5.41, 5.74) is 2.54. The first-order valence-corrected chi connectivity index (χ1v) is 9.77. The molecule has 1 N–H and O–H groups in total. The summed E-state index contributed by atoms with van der Waals surface area (Å²) in [6.45, 7) is 3.99. The van der Waals surface area contributed by atoms with Crippen LogP contribution >= 0.6 is 0 Å². The highest BCUT2D eigenvalue weighted by molar-refractivity contribution is 5.91. The van der Waals surface area contributed by atoms with Gasteiger partial charge < -0.3 is 14.0 Å².